The molecule has 1 saturated heterocycles. The number of morpholine rings is 1. The van der Waals surface area contributed by atoms with Gasteiger partial charge in [0.15, 0.2) is 0 Å². The summed E-state index contributed by atoms with van der Waals surface area (Å²) in [5.41, 5.74) is 3.98. The van der Waals surface area contributed by atoms with Crippen LogP contribution in [0.5, 0.6) is 0 Å². The molecule has 172 valence electrons. The minimum Gasteiger partial charge on any atom is -0.395 e. The standard InChI is InChI=1S/C20H25N5O6S/c1-23(8-11-26)17-4-2-16(3-5-17)15-21-22-19-7-6-18(14-20(19)25(27)28)32(29,30)24-9-12-31-13-10-24/h2-7,14-15,22,26H,8-13H2,1H3. The Labute approximate surface area is 186 Å². The van der Waals surface area contributed by atoms with Crippen molar-refractivity contribution in [2.45, 2.75) is 4.90 Å². The summed E-state index contributed by atoms with van der Waals surface area (Å²) >= 11 is 0. The average molecular weight is 464 g/mol. The third-order valence-electron chi connectivity index (χ3n) is 4.94. The van der Waals surface area contributed by atoms with Gasteiger partial charge in [-0.1, -0.05) is 12.1 Å². The molecule has 1 heterocycles. The zero-order chi connectivity index (χ0) is 23.1. The van der Waals surface area contributed by atoms with Gasteiger partial charge < -0.3 is 14.7 Å². The van der Waals surface area contributed by atoms with Crippen LogP contribution < -0.4 is 10.3 Å². The van der Waals surface area contributed by atoms with Gasteiger partial charge in [0.2, 0.25) is 10.0 Å². The molecule has 0 amide bonds. The van der Waals surface area contributed by atoms with Crippen molar-refractivity contribution in [3.8, 4) is 0 Å². The maximum atomic E-state index is 12.8. The maximum Gasteiger partial charge on any atom is 0.295 e. The fraction of sp³-hybridized carbons (Fsp3) is 0.350. The first-order valence-corrected chi connectivity index (χ1v) is 11.3. The molecule has 0 bridgehead atoms. The SMILES string of the molecule is CN(CCO)c1ccc(C=NNc2ccc(S(=O)(=O)N3CCOCC3)cc2[N+](=O)[O-])cc1. The average Bonchev–Trinajstić information content (AvgIpc) is 2.80. The molecule has 0 radical (unpaired) electrons. The van der Waals surface area contributed by atoms with E-state index in [1.807, 2.05) is 36.2 Å². The van der Waals surface area contributed by atoms with E-state index in [1.54, 1.807) is 0 Å². The Balaban J connectivity index is 1.74. The van der Waals surface area contributed by atoms with Crippen LogP contribution in [-0.2, 0) is 14.8 Å². The van der Waals surface area contributed by atoms with E-state index in [0.29, 0.717) is 6.54 Å². The van der Waals surface area contributed by atoms with E-state index in [0.717, 1.165) is 17.3 Å². The maximum absolute atomic E-state index is 12.8. The quantitative estimate of drug-likeness (QED) is 0.324. The number of nitro groups is 1. The predicted octanol–water partition coefficient (Wildman–Crippen LogP) is 1.49. The van der Waals surface area contributed by atoms with Crippen molar-refractivity contribution in [2.24, 2.45) is 5.10 Å². The summed E-state index contributed by atoms with van der Waals surface area (Å²) in [6.07, 6.45) is 1.50. The van der Waals surface area contributed by atoms with Gasteiger partial charge in [-0.05, 0) is 29.8 Å². The van der Waals surface area contributed by atoms with Crippen molar-refractivity contribution in [2.75, 3.05) is 56.8 Å². The Morgan fingerprint density at radius 2 is 1.94 bits per heavy atom. The van der Waals surface area contributed by atoms with E-state index in [4.69, 9.17) is 9.84 Å². The summed E-state index contributed by atoms with van der Waals surface area (Å²) in [6, 6.07) is 11.1. The van der Waals surface area contributed by atoms with Crippen LogP contribution in [0.4, 0.5) is 17.1 Å². The molecule has 0 atom stereocenters. The van der Waals surface area contributed by atoms with Crippen LogP contribution in [0, 0.1) is 10.1 Å². The number of ether oxygens (including phenoxy) is 1. The summed E-state index contributed by atoms with van der Waals surface area (Å²) < 4.78 is 32.0. The summed E-state index contributed by atoms with van der Waals surface area (Å²) in [5, 5.41) is 24.6. The van der Waals surface area contributed by atoms with Crippen molar-refractivity contribution >= 4 is 33.3 Å². The number of benzene rings is 2. The molecule has 0 spiro atoms. The second-order valence-electron chi connectivity index (χ2n) is 7.06. The third-order valence-corrected chi connectivity index (χ3v) is 6.84. The third kappa shape index (κ3) is 5.59. The number of nitro benzene ring substituents is 1. The first kappa shape index (κ1) is 23.6. The molecule has 1 aliphatic rings. The fourth-order valence-electron chi connectivity index (χ4n) is 3.12. The van der Waals surface area contributed by atoms with Crippen LogP contribution in [0.1, 0.15) is 5.56 Å². The molecule has 1 aliphatic heterocycles. The number of aliphatic hydroxyl groups is 1. The first-order chi connectivity index (χ1) is 15.3. The number of anilines is 2. The molecule has 0 unspecified atom stereocenters. The highest BCUT2D eigenvalue weighted by molar-refractivity contribution is 7.89. The van der Waals surface area contributed by atoms with Crippen LogP contribution in [0.2, 0.25) is 0 Å². The van der Waals surface area contributed by atoms with Gasteiger partial charge in [0.05, 0.1) is 35.9 Å². The van der Waals surface area contributed by atoms with Crippen molar-refractivity contribution < 1.29 is 23.2 Å². The van der Waals surface area contributed by atoms with Crippen molar-refractivity contribution in [1.29, 1.82) is 0 Å². The molecule has 11 nitrogen and oxygen atoms in total. The zero-order valence-corrected chi connectivity index (χ0v) is 18.4. The molecule has 1 fully saturated rings. The lowest BCUT2D eigenvalue weighted by molar-refractivity contribution is -0.384. The Morgan fingerprint density at radius 3 is 2.56 bits per heavy atom. The smallest absolute Gasteiger partial charge is 0.295 e. The monoisotopic (exact) mass is 463 g/mol. The van der Waals surface area contributed by atoms with Gasteiger partial charge in [-0.15, -0.1) is 0 Å². The number of rotatable bonds is 9. The lowest BCUT2D eigenvalue weighted by atomic mass is 10.2. The van der Waals surface area contributed by atoms with Gasteiger partial charge in [-0.25, -0.2) is 8.42 Å². The summed E-state index contributed by atoms with van der Waals surface area (Å²) in [7, 11) is -1.99. The van der Waals surface area contributed by atoms with Gasteiger partial charge in [-0.2, -0.15) is 9.41 Å². The lowest BCUT2D eigenvalue weighted by Gasteiger charge is -2.26. The summed E-state index contributed by atoms with van der Waals surface area (Å²) in [4.78, 5) is 12.6. The zero-order valence-electron chi connectivity index (χ0n) is 17.5. The fourth-order valence-corrected chi connectivity index (χ4v) is 4.55. The number of nitrogens with one attached hydrogen (secondary N) is 1. The topological polar surface area (TPSA) is 138 Å². The molecule has 0 saturated carbocycles. The van der Waals surface area contributed by atoms with Gasteiger partial charge in [0.1, 0.15) is 5.69 Å². The van der Waals surface area contributed by atoms with E-state index >= 15 is 0 Å². The highest BCUT2D eigenvalue weighted by atomic mass is 32.2. The molecule has 0 aromatic heterocycles. The second kappa shape index (κ2) is 10.5. The number of hydrazone groups is 1. The molecule has 12 heteroatoms. The van der Waals surface area contributed by atoms with E-state index in [2.05, 4.69) is 10.5 Å². The van der Waals surface area contributed by atoms with Gasteiger partial charge in [-0.3, -0.25) is 15.5 Å². The molecule has 32 heavy (non-hydrogen) atoms. The Kier molecular flexibility index (Phi) is 7.75. The van der Waals surface area contributed by atoms with E-state index < -0.39 is 20.6 Å². The Bertz CT molecular complexity index is 1070. The van der Waals surface area contributed by atoms with Gasteiger partial charge >= 0.3 is 0 Å². The number of likely N-dealkylation sites (N-methyl/N-ethyl adjacent to an activating group) is 1. The molecule has 3 rings (SSSR count). The Hall–Kier alpha value is -3.06. The summed E-state index contributed by atoms with van der Waals surface area (Å²) in [6.45, 7) is 1.54. The van der Waals surface area contributed by atoms with Crippen molar-refractivity contribution in [3.63, 3.8) is 0 Å². The molecule has 2 aromatic carbocycles. The van der Waals surface area contributed by atoms with Crippen LogP contribution >= 0.6 is 0 Å². The molecular formula is C20H25N5O6S. The number of sulfonamides is 1. The van der Waals surface area contributed by atoms with E-state index in [-0.39, 0.29) is 43.5 Å². The van der Waals surface area contributed by atoms with Gasteiger partial charge in [0, 0.05) is 38.4 Å². The van der Waals surface area contributed by atoms with Crippen LogP contribution in [0.25, 0.3) is 0 Å². The highest BCUT2D eigenvalue weighted by Crippen LogP contribution is 2.29. The molecule has 2 aromatic rings. The Morgan fingerprint density at radius 1 is 1.25 bits per heavy atom. The molecule has 2 N–H and O–H groups in total. The van der Waals surface area contributed by atoms with Crippen molar-refractivity contribution in [3.05, 3.63) is 58.1 Å². The highest BCUT2D eigenvalue weighted by Gasteiger charge is 2.28. The van der Waals surface area contributed by atoms with Crippen molar-refractivity contribution in [1.82, 2.24) is 4.31 Å². The largest absolute Gasteiger partial charge is 0.395 e. The molecule has 0 aliphatic carbocycles. The molecular weight excluding hydrogens is 438 g/mol. The normalized spacial score (nSPS) is 15.1. The number of hydrogen-bond donors (Lipinski definition) is 2. The number of nitrogens with zero attached hydrogens (tertiary/aromatic N) is 4. The minimum absolute atomic E-state index is 0.0505. The minimum atomic E-state index is -3.85. The van der Waals surface area contributed by atoms with Crippen LogP contribution in [0.3, 0.4) is 0 Å². The van der Waals surface area contributed by atoms with E-state index in [1.165, 1.54) is 22.7 Å². The number of aliphatic hydroxyl groups excluding tert-OH is 1. The lowest BCUT2D eigenvalue weighted by Crippen LogP contribution is -2.40. The van der Waals surface area contributed by atoms with Crippen LogP contribution in [0.15, 0.2) is 52.5 Å². The predicted molar refractivity (Wildman–Crippen MR) is 121 cm³/mol. The van der Waals surface area contributed by atoms with Gasteiger partial charge in [0.25, 0.3) is 5.69 Å². The second-order valence-corrected chi connectivity index (χ2v) is 9.00. The van der Waals surface area contributed by atoms with Crippen LogP contribution in [-0.4, -0.2) is 75.5 Å². The summed E-state index contributed by atoms with van der Waals surface area (Å²) in [5.74, 6) is 0. The number of hydrogen-bond acceptors (Lipinski definition) is 9. The van der Waals surface area contributed by atoms with E-state index in [9.17, 15) is 18.5 Å². The first-order valence-electron chi connectivity index (χ1n) is 9.90.